The number of nitrogen functional groups attached to an aromatic ring is 1. The van der Waals surface area contributed by atoms with Gasteiger partial charge in [0.2, 0.25) is 0 Å². The van der Waals surface area contributed by atoms with E-state index in [4.69, 9.17) is 17.3 Å². The van der Waals surface area contributed by atoms with Crippen molar-refractivity contribution in [2.75, 3.05) is 5.73 Å². The Labute approximate surface area is 120 Å². The molecule has 1 aromatic carbocycles. The van der Waals surface area contributed by atoms with Gasteiger partial charge in [0.05, 0.1) is 11.7 Å². The Morgan fingerprint density at radius 2 is 2.05 bits per heavy atom. The van der Waals surface area contributed by atoms with Crippen molar-refractivity contribution in [3.05, 3.63) is 45.4 Å². The summed E-state index contributed by atoms with van der Waals surface area (Å²) < 4.78 is 0. The molecule has 4 nitrogen and oxygen atoms in total. The lowest BCUT2D eigenvalue weighted by atomic mass is 10.1. The number of aromatic nitrogens is 1. The van der Waals surface area contributed by atoms with Crippen molar-refractivity contribution in [3.63, 3.8) is 0 Å². The number of hydrogen-bond donors (Lipinski definition) is 2. The summed E-state index contributed by atoms with van der Waals surface area (Å²) in [5, 5.41) is 4.00. The second-order valence-corrected chi connectivity index (χ2v) is 5.68. The fourth-order valence-electron chi connectivity index (χ4n) is 1.72. The molecule has 1 atom stereocenters. The highest BCUT2D eigenvalue weighted by Gasteiger charge is 2.16. The van der Waals surface area contributed by atoms with Gasteiger partial charge in [0, 0.05) is 5.02 Å². The minimum atomic E-state index is -0.158. The molecule has 1 amide bonds. The lowest BCUT2D eigenvalue weighted by molar-refractivity contribution is 0.0943. The van der Waals surface area contributed by atoms with Crippen LogP contribution in [0.15, 0.2) is 24.3 Å². The van der Waals surface area contributed by atoms with E-state index in [1.807, 2.05) is 19.1 Å². The first-order chi connectivity index (χ1) is 8.97. The molecule has 0 saturated heterocycles. The number of nitrogens with one attached hydrogen (secondary N) is 1. The largest absolute Gasteiger partial charge is 0.375 e. The summed E-state index contributed by atoms with van der Waals surface area (Å²) in [6, 6.07) is 7.28. The quantitative estimate of drug-likeness (QED) is 0.914. The smallest absolute Gasteiger partial charge is 0.263 e. The molecule has 1 aromatic heterocycles. The van der Waals surface area contributed by atoms with E-state index in [0.717, 1.165) is 5.56 Å². The van der Waals surface area contributed by atoms with E-state index in [1.165, 1.54) is 11.3 Å². The van der Waals surface area contributed by atoms with Crippen LogP contribution in [-0.4, -0.2) is 10.9 Å². The minimum absolute atomic E-state index is 0.104. The molecule has 0 aliphatic heterocycles. The molecule has 0 fully saturated rings. The van der Waals surface area contributed by atoms with Gasteiger partial charge in [-0.25, -0.2) is 4.98 Å². The van der Waals surface area contributed by atoms with Crippen LogP contribution in [0.1, 0.15) is 33.9 Å². The Balaban J connectivity index is 2.10. The molecule has 19 heavy (non-hydrogen) atoms. The molecule has 1 heterocycles. The number of aryl methyl sites for hydroxylation is 1. The number of hydrogen-bond acceptors (Lipinski definition) is 4. The number of nitrogens with two attached hydrogens (primary N) is 1. The maximum absolute atomic E-state index is 12.1. The number of rotatable bonds is 3. The highest BCUT2D eigenvalue weighted by molar-refractivity contribution is 7.17. The highest BCUT2D eigenvalue weighted by Crippen LogP contribution is 2.21. The van der Waals surface area contributed by atoms with Gasteiger partial charge in [0.1, 0.15) is 4.88 Å². The van der Waals surface area contributed by atoms with Crippen LogP contribution in [0.5, 0.6) is 0 Å². The molecule has 0 saturated carbocycles. The minimum Gasteiger partial charge on any atom is -0.375 e. The molecule has 0 bridgehead atoms. The summed E-state index contributed by atoms with van der Waals surface area (Å²) in [5.74, 6) is -0.158. The number of amides is 1. The predicted octanol–water partition coefficient (Wildman–Crippen LogP) is 3.18. The molecule has 0 unspecified atom stereocenters. The number of nitrogens with zero attached hydrogens (tertiary/aromatic N) is 1. The van der Waals surface area contributed by atoms with Crippen molar-refractivity contribution in [2.45, 2.75) is 19.9 Å². The number of carbonyl (C=O) groups is 1. The molecule has 2 aromatic rings. The average Bonchev–Trinajstić information content (AvgIpc) is 2.69. The third-order valence-electron chi connectivity index (χ3n) is 2.74. The first-order valence-electron chi connectivity index (χ1n) is 5.76. The van der Waals surface area contributed by atoms with Gasteiger partial charge in [-0.2, -0.15) is 0 Å². The zero-order chi connectivity index (χ0) is 14.0. The van der Waals surface area contributed by atoms with E-state index in [2.05, 4.69) is 10.3 Å². The number of carbonyl (C=O) groups excluding carboxylic acids is 1. The van der Waals surface area contributed by atoms with Crippen molar-refractivity contribution >= 4 is 34.0 Å². The summed E-state index contributed by atoms with van der Waals surface area (Å²) >= 11 is 7.03. The van der Waals surface area contributed by atoms with Crippen molar-refractivity contribution < 1.29 is 4.79 Å². The molecular formula is C13H14ClN3OS. The summed E-state index contributed by atoms with van der Waals surface area (Å²) in [5.41, 5.74) is 7.24. The molecule has 0 spiro atoms. The summed E-state index contributed by atoms with van der Waals surface area (Å²) in [6.45, 7) is 3.69. The molecule has 0 radical (unpaired) electrons. The van der Waals surface area contributed by atoms with Crippen molar-refractivity contribution in [1.29, 1.82) is 0 Å². The maximum atomic E-state index is 12.1. The van der Waals surface area contributed by atoms with Gasteiger partial charge >= 0.3 is 0 Å². The van der Waals surface area contributed by atoms with Gasteiger partial charge in [-0.05, 0) is 31.5 Å². The normalized spacial score (nSPS) is 12.2. The van der Waals surface area contributed by atoms with E-state index < -0.39 is 0 Å². The second kappa shape index (κ2) is 5.59. The summed E-state index contributed by atoms with van der Waals surface area (Å²) in [6.07, 6.45) is 0. The number of thiazole rings is 1. The maximum Gasteiger partial charge on any atom is 0.263 e. The zero-order valence-corrected chi connectivity index (χ0v) is 12.2. The predicted molar refractivity (Wildman–Crippen MR) is 78.6 cm³/mol. The van der Waals surface area contributed by atoms with E-state index in [9.17, 15) is 4.79 Å². The lowest BCUT2D eigenvalue weighted by Gasteiger charge is -2.13. The molecular weight excluding hydrogens is 282 g/mol. The van der Waals surface area contributed by atoms with Gasteiger partial charge in [-0.1, -0.05) is 35.1 Å². The number of halogens is 1. The first kappa shape index (κ1) is 13.8. The van der Waals surface area contributed by atoms with Crippen LogP contribution >= 0.6 is 22.9 Å². The average molecular weight is 296 g/mol. The fraction of sp³-hybridized carbons (Fsp3) is 0.231. The van der Waals surface area contributed by atoms with Crippen LogP contribution in [0.4, 0.5) is 5.13 Å². The standard InChI is InChI=1S/C13H14ClN3OS/c1-7(9-3-5-10(14)6-4-9)16-12(18)11-8(2)17-13(15)19-11/h3-7H,1-2H3,(H2,15,17)(H,16,18)/t7-/m0/s1. The molecule has 3 N–H and O–H groups in total. The summed E-state index contributed by atoms with van der Waals surface area (Å²) in [4.78, 5) is 16.7. The van der Waals surface area contributed by atoms with Crippen LogP contribution in [0.25, 0.3) is 0 Å². The zero-order valence-electron chi connectivity index (χ0n) is 10.6. The Morgan fingerprint density at radius 1 is 1.42 bits per heavy atom. The van der Waals surface area contributed by atoms with Gasteiger partial charge in [0.15, 0.2) is 5.13 Å². The van der Waals surface area contributed by atoms with Gasteiger partial charge in [-0.3, -0.25) is 4.79 Å². The van der Waals surface area contributed by atoms with Crippen LogP contribution in [0.2, 0.25) is 5.02 Å². The van der Waals surface area contributed by atoms with Crippen molar-refractivity contribution in [2.24, 2.45) is 0 Å². The Kier molecular flexibility index (Phi) is 4.07. The van der Waals surface area contributed by atoms with E-state index in [-0.39, 0.29) is 11.9 Å². The lowest BCUT2D eigenvalue weighted by Crippen LogP contribution is -2.26. The third kappa shape index (κ3) is 3.24. The molecule has 0 aliphatic carbocycles. The molecule has 0 aliphatic rings. The second-order valence-electron chi connectivity index (χ2n) is 4.21. The van der Waals surface area contributed by atoms with E-state index in [1.54, 1.807) is 19.1 Å². The van der Waals surface area contributed by atoms with Crippen LogP contribution in [0.3, 0.4) is 0 Å². The van der Waals surface area contributed by atoms with Gasteiger partial charge in [0.25, 0.3) is 5.91 Å². The Morgan fingerprint density at radius 3 is 2.58 bits per heavy atom. The SMILES string of the molecule is Cc1nc(N)sc1C(=O)N[C@@H](C)c1ccc(Cl)cc1. The van der Waals surface area contributed by atoms with Crippen LogP contribution in [0, 0.1) is 6.92 Å². The van der Waals surface area contributed by atoms with Gasteiger partial charge in [-0.15, -0.1) is 0 Å². The van der Waals surface area contributed by atoms with E-state index >= 15 is 0 Å². The molecule has 6 heteroatoms. The van der Waals surface area contributed by atoms with Crippen molar-refractivity contribution in [3.8, 4) is 0 Å². The van der Waals surface area contributed by atoms with Crippen molar-refractivity contribution in [1.82, 2.24) is 10.3 Å². The first-order valence-corrected chi connectivity index (χ1v) is 6.96. The van der Waals surface area contributed by atoms with Crippen LogP contribution < -0.4 is 11.1 Å². The molecule has 100 valence electrons. The van der Waals surface area contributed by atoms with Gasteiger partial charge < -0.3 is 11.1 Å². The fourth-order valence-corrected chi connectivity index (χ4v) is 2.59. The number of benzene rings is 1. The Hall–Kier alpha value is -1.59. The Bertz CT molecular complexity index is 594. The summed E-state index contributed by atoms with van der Waals surface area (Å²) in [7, 11) is 0. The molecule has 2 rings (SSSR count). The van der Waals surface area contributed by atoms with E-state index in [0.29, 0.717) is 20.7 Å². The number of anilines is 1. The topological polar surface area (TPSA) is 68.0 Å². The highest BCUT2D eigenvalue weighted by atomic mass is 35.5. The monoisotopic (exact) mass is 295 g/mol. The third-order valence-corrected chi connectivity index (χ3v) is 3.97. The van der Waals surface area contributed by atoms with Crippen LogP contribution in [-0.2, 0) is 0 Å².